The summed E-state index contributed by atoms with van der Waals surface area (Å²) in [4.78, 5) is 12.3. The molecular formula is C14H15ClN6. The van der Waals surface area contributed by atoms with Gasteiger partial charge in [-0.15, -0.1) is 0 Å². The minimum absolute atomic E-state index is 0.201. The maximum atomic E-state index is 6.02. The first kappa shape index (κ1) is 14.9. The highest BCUT2D eigenvalue weighted by Crippen LogP contribution is 2.14. The van der Waals surface area contributed by atoms with Crippen molar-refractivity contribution in [2.45, 2.75) is 13.5 Å². The van der Waals surface area contributed by atoms with Gasteiger partial charge in [0.15, 0.2) is 0 Å². The molecule has 0 amide bonds. The first-order valence-corrected chi connectivity index (χ1v) is 6.64. The fourth-order valence-corrected chi connectivity index (χ4v) is 1.76. The van der Waals surface area contributed by atoms with Crippen LogP contribution < -0.4 is 11.2 Å². The van der Waals surface area contributed by atoms with E-state index >= 15 is 0 Å². The van der Waals surface area contributed by atoms with Gasteiger partial charge in [-0.25, -0.2) is 15.4 Å². The van der Waals surface area contributed by atoms with E-state index in [4.69, 9.17) is 17.3 Å². The quantitative estimate of drug-likeness (QED) is 0.390. The largest absolute Gasteiger partial charge is 0.369 e. The average molecular weight is 303 g/mol. The Morgan fingerprint density at radius 3 is 3.00 bits per heavy atom. The van der Waals surface area contributed by atoms with E-state index in [0.717, 1.165) is 16.8 Å². The summed E-state index contributed by atoms with van der Waals surface area (Å²) in [5.74, 6) is 0.201. The lowest BCUT2D eigenvalue weighted by Gasteiger charge is -2.02. The number of hydrazone groups is 1. The molecule has 0 aliphatic carbocycles. The first-order valence-electron chi connectivity index (χ1n) is 6.26. The van der Waals surface area contributed by atoms with Gasteiger partial charge in [0, 0.05) is 29.2 Å². The van der Waals surface area contributed by atoms with Crippen molar-refractivity contribution in [1.29, 1.82) is 0 Å². The fourth-order valence-electron chi connectivity index (χ4n) is 1.50. The Labute approximate surface area is 127 Å². The molecule has 2 heterocycles. The predicted octanol–water partition coefficient (Wildman–Crippen LogP) is 1.88. The summed E-state index contributed by atoms with van der Waals surface area (Å²) in [6.07, 6.45) is 4.99. The summed E-state index contributed by atoms with van der Waals surface area (Å²) in [5, 5.41) is 4.41. The molecule has 0 unspecified atom stereocenters. The van der Waals surface area contributed by atoms with E-state index < -0.39 is 0 Å². The van der Waals surface area contributed by atoms with Crippen molar-refractivity contribution >= 4 is 23.8 Å². The van der Waals surface area contributed by atoms with E-state index in [0.29, 0.717) is 11.7 Å². The SMILES string of the molecule is Cc1ccc(CN=C(N)NN=Cc2cccnc2)c(Cl)n1. The highest BCUT2D eigenvalue weighted by atomic mass is 35.5. The number of guanidine groups is 1. The van der Waals surface area contributed by atoms with E-state index in [-0.39, 0.29) is 5.96 Å². The summed E-state index contributed by atoms with van der Waals surface area (Å²) in [6.45, 7) is 2.22. The molecule has 0 saturated heterocycles. The third kappa shape index (κ3) is 4.85. The topological polar surface area (TPSA) is 88.5 Å². The minimum atomic E-state index is 0.201. The molecule has 0 bridgehead atoms. The van der Waals surface area contributed by atoms with Crippen LogP contribution in [0.1, 0.15) is 16.8 Å². The highest BCUT2D eigenvalue weighted by Gasteiger charge is 2.01. The van der Waals surface area contributed by atoms with Gasteiger partial charge in [-0.1, -0.05) is 23.7 Å². The maximum Gasteiger partial charge on any atom is 0.209 e. The molecule has 0 saturated carbocycles. The highest BCUT2D eigenvalue weighted by molar-refractivity contribution is 6.30. The molecule has 0 spiro atoms. The molecule has 2 aromatic heterocycles. The van der Waals surface area contributed by atoms with E-state index in [1.54, 1.807) is 18.6 Å². The van der Waals surface area contributed by atoms with Crippen molar-refractivity contribution < 1.29 is 0 Å². The van der Waals surface area contributed by atoms with Crippen LogP contribution in [0.5, 0.6) is 0 Å². The lowest BCUT2D eigenvalue weighted by atomic mass is 10.2. The second kappa shape index (κ2) is 7.35. The van der Waals surface area contributed by atoms with Gasteiger partial charge in [-0.3, -0.25) is 4.98 Å². The zero-order chi connectivity index (χ0) is 15.1. The molecule has 7 heteroatoms. The summed E-state index contributed by atoms with van der Waals surface area (Å²) in [6, 6.07) is 7.45. The third-order valence-corrected chi connectivity index (χ3v) is 2.89. The van der Waals surface area contributed by atoms with Crippen LogP contribution in [0.15, 0.2) is 46.8 Å². The van der Waals surface area contributed by atoms with Crippen molar-refractivity contribution in [2.75, 3.05) is 0 Å². The van der Waals surface area contributed by atoms with Gasteiger partial charge in [0.25, 0.3) is 0 Å². The van der Waals surface area contributed by atoms with E-state index in [2.05, 4.69) is 25.5 Å². The second-order valence-corrected chi connectivity index (χ2v) is 4.62. The number of rotatable bonds is 4. The normalized spacial score (nSPS) is 11.8. The number of halogens is 1. The Morgan fingerprint density at radius 1 is 1.43 bits per heavy atom. The lowest BCUT2D eigenvalue weighted by molar-refractivity contribution is 0.955. The van der Waals surface area contributed by atoms with Crippen molar-refractivity contribution in [3.05, 3.63) is 58.6 Å². The van der Waals surface area contributed by atoms with Gasteiger partial charge >= 0.3 is 0 Å². The van der Waals surface area contributed by atoms with E-state index in [1.165, 1.54) is 0 Å². The van der Waals surface area contributed by atoms with Crippen LogP contribution in [-0.4, -0.2) is 22.1 Å². The van der Waals surface area contributed by atoms with Crippen molar-refractivity contribution in [1.82, 2.24) is 15.4 Å². The standard InChI is InChI=1S/C14H15ClN6/c1-10-4-5-12(13(15)20-10)9-18-14(16)21-19-8-11-3-2-6-17-7-11/h2-8H,9H2,1H3,(H3,16,18,21). The number of hydrogen-bond acceptors (Lipinski definition) is 4. The van der Waals surface area contributed by atoms with E-state index in [1.807, 2.05) is 31.2 Å². The molecule has 0 aliphatic rings. The molecular weight excluding hydrogens is 288 g/mol. The first-order chi connectivity index (χ1) is 10.1. The summed E-state index contributed by atoms with van der Waals surface area (Å²) in [5.41, 5.74) is 10.9. The summed E-state index contributed by atoms with van der Waals surface area (Å²) in [7, 11) is 0. The van der Waals surface area contributed by atoms with Gasteiger partial charge in [0.1, 0.15) is 5.15 Å². The van der Waals surface area contributed by atoms with Gasteiger partial charge < -0.3 is 5.73 Å². The molecule has 3 N–H and O–H groups in total. The molecule has 108 valence electrons. The zero-order valence-corrected chi connectivity index (χ0v) is 12.2. The van der Waals surface area contributed by atoms with Gasteiger partial charge in [-0.05, 0) is 19.1 Å². The maximum absolute atomic E-state index is 6.02. The van der Waals surface area contributed by atoms with Crippen LogP contribution in [0.4, 0.5) is 0 Å². The van der Waals surface area contributed by atoms with Crippen LogP contribution >= 0.6 is 11.6 Å². The van der Waals surface area contributed by atoms with Crippen LogP contribution in [-0.2, 0) is 6.54 Å². The number of pyridine rings is 2. The molecule has 2 rings (SSSR count). The van der Waals surface area contributed by atoms with Crippen LogP contribution in [0.25, 0.3) is 0 Å². The molecule has 0 aliphatic heterocycles. The Morgan fingerprint density at radius 2 is 2.29 bits per heavy atom. The second-order valence-electron chi connectivity index (χ2n) is 4.26. The fraction of sp³-hybridized carbons (Fsp3) is 0.143. The molecule has 0 fully saturated rings. The van der Waals surface area contributed by atoms with Crippen molar-refractivity contribution in [3.8, 4) is 0 Å². The molecule has 0 radical (unpaired) electrons. The van der Waals surface area contributed by atoms with Crippen LogP contribution in [0.2, 0.25) is 5.15 Å². The smallest absolute Gasteiger partial charge is 0.209 e. The predicted molar refractivity (Wildman–Crippen MR) is 84.3 cm³/mol. The number of nitrogens with one attached hydrogen (secondary N) is 1. The lowest BCUT2D eigenvalue weighted by Crippen LogP contribution is -2.27. The number of aromatic nitrogens is 2. The number of nitrogens with two attached hydrogens (primary N) is 1. The van der Waals surface area contributed by atoms with Crippen molar-refractivity contribution in [2.24, 2.45) is 15.8 Å². The Balaban J connectivity index is 1.91. The third-order valence-electron chi connectivity index (χ3n) is 2.56. The van der Waals surface area contributed by atoms with Crippen LogP contribution in [0, 0.1) is 6.92 Å². The van der Waals surface area contributed by atoms with Gasteiger partial charge in [0.05, 0.1) is 12.8 Å². The van der Waals surface area contributed by atoms with Gasteiger partial charge in [-0.2, -0.15) is 5.10 Å². The minimum Gasteiger partial charge on any atom is -0.369 e. The van der Waals surface area contributed by atoms with Gasteiger partial charge in [0.2, 0.25) is 5.96 Å². The molecule has 21 heavy (non-hydrogen) atoms. The Bertz CT molecular complexity index is 654. The molecule has 0 atom stereocenters. The molecule has 6 nitrogen and oxygen atoms in total. The summed E-state index contributed by atoms with van der Waals surface area (Å²) < 4.78 is 0. The Kier molecular flexibility index (Phi) is 5.22. The number of nitrogens with zero attached hydrogens (tertiary/aromatic N) is 4. The van der Waals surface area contributed by atoms with Crippen LogP contribution in [0.3, 0.4) is 0 Å². The Hall–Kier alpha value is -2.47. The number of hydrogen-bond donors (Lipinski definition) is 2. The molecule has 2 aromatic rings. The summed E-state index contributed by atoms with van der Waals surface area (Å²) >= 11 is 6.02. The number of aryl methyl sites for hydroxylation is 1. The van der Waals surface area contributed by atoms with Crippen molar-refractivity contribution in [3.63, 3.8) is 0 Å². The number of aliphatic imine (C=N–C) groups is 1. The van der Waals surface area contributed by atoms with E-state index in [9.17, 15) is 0 Å². The monoisotopic (exact) mass is 302 g/mol. The molecule has 0 aromatic carbocycles. The average Bonchev–Trinajstić information content (AvgIpc) is 2.47. The zero-order valence-electron chi connectivity index (χ0n) is 11.5.